The number of rotatable bonds is 4. The number of hydrogen-bond acceptors (Lipinski definition) is 7. The minimum atomic E-state index is -0.424. The molecule has 0 aromatic carbocycles. The van der Waals surface area contributed by atoms with E-state index in [1.807, 2.05) is 6.07 Å². The number of anilines is 1. The molecule has 3 rings (SSSR count). The fourth-order valence-corrected chi connectivity index (χ4v) is 2.89. The van der Waals surface area contributed by atoms with E-state index in [1.54, 1.807) is 24.0 Å². The molecule has 2 aromatic rings. The van der Waals surface area contributed by atoms with Crippen molar-refractivity contribution >= 4 is 23.3 Å². The number of aromatic nitrogens is 3. The van der Waals surface area contributed by atoms with Crippen LogP contribution in [0.5, 0.6) is 0 Å². The molecule has 25 heavy (non-hydrogen) atoms. The maximum atomic E-state index is 12.8. The number of carbonyl (C=O) groups is 1. The maximum Gasteiger partial charge on any atom is 0.246 e. The number of amides is 1. The Balaban J connectivity index is 1.74. The number of nitrogens with one attached hydrogen (secondary N) is 1. The minimum Gasteiger partial charge on any atom is -0.358 e. The Bertz CT molecular complexity index is 815. The van der Waals surface area contributed by atoms with Crippen molar-refractivity contribution in [1.82, 2.24) is 20.0 Å². The van der Waals surface area contributed by atoms with Crippen LogP contribution >= 0.6 is 11.6 Å². The Hall–Kier alpha value is -2.66. The Morgan fingerprint density at radius 3 is 3.00 bits per heavy atom. The molecule has 9 heteroatoms. The fraction of sp³-hybridized carbons (Fsp3) is 0.438. The van der Waals surface area contributed by atoms with E-state index in [1.165, 1.54) is 0 Å². The van der Waals surface area contributed by atoms with E-state index in [0.29, 0.717) is 30.5 Å². The number of halogens is 1. The summed E-state index contributed by atoms with van der Waals surface area (Å²) >= 11 is 5.90. The summed E-state index contributed by atoms with van der Waals surface area (Å²) in [4.78, 5) is 22.8. The molecular weight excluding hydrogens is 344 g/mol. The van der Waals surface area contributed by atoms with Crippen LogP contribution in [0.15, 0.2) is 16.7 Å². The third-order valence-electron chi connectivity index (χ3n) is 3.95. The monoisotopic (exact) mass is 360 g/mol. The zero-order valence-electron chi connectivity index (χ0n) is 13.7. The molecule has 1 fully saturated rings. The van der Waals surface area contributed by atoms with Gasteiger partial charge < -0.3 is 14.7 Å². The van der Waals surface area contributed by atoms with Gasteiger partial charge in [-0.05, 0) is 38.3 Å². The SMILES string of the molecule is Cc1noc(CN2CCCCC(Nc3ccc(Cl)c(C#N)n3)C2=O)n1. The van der Waals surface area contributed by atoms with Crippen molar-refractivity contribution in [1.29, 1.82) is 5.26 Å². The molecule has 0 bridgehead atoms. The van der Waals surface area contributed by atoms with Crippen LogP contribution in [0.2, 0.25) is 5.02 Å². The van der Waals surface area contributed by atoms with Crippen molar-refractivity contribution in [2.24, 2.45) is 0 Å². The van der Waals surface area contributed by atoms with Crippen LogP contribution in [-0.4, -0.2) is 38.5 Å². The molecule has 2 aromatic heterocycles. The zero-order valence-corrected chi connectivity index (χ0v) is 14.5. The van der Waals surface area contributed by atoms with Crippen LogP contribution in [0.3, 0.4) is 0 Å². The lowest BCUT2D eigenvalue weighted by atomic mass is 10.1. The van der Waals surface area contributed by atoms with Gasteiger partial charge in [-0.15, -0.1) is 0 Å². The molecule has 1 aliphatic heterocycles. The molecule has 0 aliphatic carbocycles. The van der Waals surface area contributed by atoms with Crippen molar-refractivity contribution in [3.05, 3.63) is 34.6 Å². The molecule has 1 aliphatic rings. The predicted molar refractivity (Wildman–Crippen MR) is 89.7 cm³/mol. The van der Waals surface area contributed by atoms with E-state index in [9.17, 15) is 4.79 Å². The van der Waals surface area contributed by atoms with Crippen LogP contribution in [0.4, 0.5) is 5.82 Å². The number of hydrogen-bond donors (Lipinski definition) is 1. The topological polar surface area (TPSA) is 108 Å². The van der Waals surface area contributed by atoms with Crippen LogP contribution in [0.1, 0.15) is 36.7 Å². The number of aryl methyl sites for hydroxylation is 1. The first kappa shape index (κ1) is 17.2. The largest absolute Gasteiger partial charge is 0.358 e. The summed E-state index contributed by atoms with van der Waals surface area (Å²) in [5.41, 5.74) is 0.130. The molecule has 8 nitrogen and oxygen atoms in total. The molecule has 3 heterocycles. The van der Waals surface area contributed by atoms with E-state index in [-0.39, 0.29) is 23.2 Å². The lowest BCUT2D eigenvalue weighted by Crippen LogP contribution is -2.41. The van der Waals surface area contributed by atoms with Crippen LogP contribution in [-0.2, 0) is 11.3 Å². The van der Waals surface area contributed by atoms with Gasteiger partial charge in [0.1, 0.15) is 24.5 Å². The number of nitriles is 1. The van der Waals surface area contributed by atoms with E-state index in [2.05, 4.69) is 20.4 Å². The molecule has 1 atom stereocenters. The summed E-state index contributed by atoms with van der Waals surface area (Å²) in [5.74, 6) is 1.36. The van der Waals surface area contributed by atoms with Crippen LogP contribution in [0, 0.1) is 18.3 Å². The van der Waals surface area contributed by atoms with Crippen LogP contribution in [0.25, 0.3) is 0 Å². The van der Waals surface area contributed by atoms with E-state index in [0.717, 1.165) is 12.8 Å². The van der Waals surface area contributed by atoms with Crippen molar-refractivity contribution < 1.29 is 9.32 Å². The van der Waals surface area contributed by atoms with Gasteiger partial charge in [0.25, 0.3) is 0 Å². The highest BCUT2D eigenvalue weighted by Crippen LogP contribution is 2.20. The maximum absolute atomic E-state index is 12.8. The molecule has 0 radical (unpaired) electrons. The van der Waals surface area contributed by atoms with Gasteiger partial charge in [0.2, 0.25) is 11.8 Å². The van der Waals surface area contributed by atoms with Gasteiger partial charge in [-0.2, -0.15) is 10.2 Å². The summed E-state index contributed by atoms with van der Waals surface area (Å²) in [6.45, 7) is 2.66. The van der Waals surface area contributed by atoms with Gasteiger partial charge >= 0.3 is 0 Å². The average Bonchev–Trinajstić information content (AvgIpc) is 2.94. The Morgan fingerprint density at radius 2 is 2.28 bits per heavy atom. The third-order valence-corrected chi connectivity index (χ3v) is 4.26. The minimum absolute atomic E-state index is 0.0522. The molecule has 1 N–H and O–H groups in total. The number of carbonyl (C=O) groups excluding carboxylic acids is 1. The second-order valence-corrected chi connectivity index (χ2v) is 6.23. The molecule has 130 valence electrons. The van der Waals surface area contributed by atoms with Gasteiger partial charge in [0.05, 0.1) is 5.02 Å². The molecule has 1 unspecified atom stereocenters. The van der Waals surface area contributed by atoms with Crippen molar-refractivity contribution in [3.8, 4) is 6.07 Å². The van der Waals surface area contributed by atoms with E-state index in [4.69, 9.17) is 21.4 Å². The van der Waals surface area contributed by atoms with Gasteiger partial charge in [-0.25, -0.2) is 4.98 Å². The van der Waals surface area contributed by atoms with Crippen LogP contribution < -0.4 is 5.32 Å². The normalized spacial score (nSPS) is 17.9. The summed E-state index contributed by atoms with van der Waals surface area (Å²) in [7, 11) is 0. The fourth-order valence-electron chi connectivity index (χ4n) is 2.74. The second kappa shape index (κ2) is 7.49. The smallest absolute Gasteiger partial charge is 0.246 e. The third kappa shape index (κ3) is 4.06. The molecule has 0 spiro atoms. The van der Waals surface area contributed by atoms with E-state index < -0.39 is 6.04 Å². The first-order valence-electron chi connectivity index (χ1n) is 7.98. The lowest BCUT2D eigenvalue weighted by Gasteiger charge is -2.23. The Kier molecular flexibility index (Phi) is 5.14. The summed E-state index contributed by atoms with van der Waals surface area (Å²) in [5, 5.41) is 16.2. The van der Waals surface area contributed by atoms with Crippen molar-refractivity contribution in [2.75, 3.05) is 11.9 Å². The highest BCUT2D eigenvalue weighted by atomic mass is 35.5. The Labute approximate surface area is 149 Å². The molecule has 1 saturated heterocycles. The highest BCUT2D eigenvalue weighted by Gasteiger charge is 2.28. The van der Waals surface area contributed by atoms with Gasteiger partial charge in [0.15, 0.2) is 11.5 Å². The quantitative estimate of drug-likeness (QED) is 0.890. The summed E-state index contributed by atoms with van der Waals surface area (Å²) in [6.07, 6.45) is 2.49. The standard InChI is InChI=1S/C16H17ClN6O2/c1-10-19-15(25-22-10)9-23-7-3-2-4-12(16(23)24)20-14-6-5-11(17)13(8-18)21-14/h5-6,12H,2-4,7,9H2,1H3,(H,20,21). The summed E-state index contributed by atoms with van der Waals surface area (Å²) < 4.78 is 5.11. The van der Waals surface area contributed by atoms with Gasteiger partial charge in [-0.3, -0.25) is 4.79 Å². The highest BCUT2D eigenvalue weighted by molar-refractivity contribution is 6.31. The molecule has 0 saturated carbocycles. The first-order chi connectivity index (χ1) is 12.1. The summed E-state index contributed by atoms with van der Waals surface area (Å²) in [6, 6.07) is 4.76. The first-order valence-corrected chi connectivity index (χ1v) is 8.36. The number of likely N-dealkylation sites (tertiary alicyclic amines) is 1. The predicted octanol–water partition coefficient (Wildman–Crippen LogP) is 2.29. The van der Waals surface area contributed by atoms with Crippen molar-refractivity contribution in [3.63, 3.8) is 0 Å². The zero-order chi connectivity index (χ0) is 17.8. The average molecular weight is 361 g/mol. The van der Waals surface area contributed by atoms with Crippen molar-refractivity contribution in [2.45, 2.75) is 38.8 Å². The van der Waals surface area contributed by atoms with E-state index >= 15 is 0 Å². The Morgan fingerprint density at radius 1 is 1.44 bits per heavy atom. The number of nitrogens with zero attached hydrogens (tertiary/aromatic N) is 5. The second-order valence-electron chi connectivity index (χ2n) is 5.83. The molecular formula is C16H17ClN6O2. The number of pyridine rings is 1. The molecule has 1 amide bonds. The van der Waals surface area contributed by atoms with Gasteiger partial charge in [0, 0.05) is 6.54 Å². The lowest BCUT2D eigenvalue weighted by molar-refractivity contribution is -0.132. The van der Waals surface area contributed by atoms with Gasteiger partial charge in [-0.1, -0.05) is 16.8 Å².